The molecule has 0 bridgehead atoms. The topological polar surface area (TPSA) is 63.8 Å². The lowest BCUT2D eigenvalue weighted by Gasteiger charge is -2.07. The largest absolute Gasteiger partial charge is 0.388 e. The maximum Gasteiger partial charge on any atom is 0.200 e. The molecule has 0 amide bonds. The van der Waals surface area contributed by atoms with Gasteiger partial charge in [-0.1, -0.05) is 30.3 Å². The molecule has 20 heavy (non-hydrogen) atoms. The first-order valence-corrected chi connectivity index (χ1v) is 6.03. The Kier molecular flexibility index (Phi) is 3.22. The van der Waals surface area contributed by atoms with Gasteiger partial charge < -0.3 is 5.11 Å². The number of tetrazole rings is 1. The van der Waals surface area contributed by atoms with Gasteiger partial charge in [-0.05, 0) is 29.0 Å². The molecule has 6 heteroatoms. The van der Waals surface area contributed by atoms with Gasteiger partial charge in [0.1, 0.15) is 12.4 Å². The van der Waals surface area contributed by atoms with Gasteiger partial charge in [-0.3, -0.25) is 0 Å². The average molecular weight is 270 g/mol. The number of nitrogens with zero attached hydrogens (tertiary/aromatic N) is 4. The Morgan fingerprint density at radius 3 is 2.50 bits per heavy atom. The second-order valence-corrected chi connectivity index (χ2v) is 4.18. The van der Waals surface area contributed by atoms with Crippen molar-refractivity contribution in [1.82, 2.24) is 20.2 Å². The Hall–Kier alpha value is -2.60. The number of halogens is 1. The van der Waals surface area contributed by atoms with Crippen molar-refractivity contribution >= 4 is 0 Å². The van der Waals surface area contributed by atoms with Crippen LogP contribution in [0.1, 0.15) is 5.82 Å². The first kappa shape index (κ1) is 12.4. The number of rotatable bonds is 3. The predicted molar refractivity (Wildman–Crippen MR) is 70.5 cm³/mol. The molecule has 0 unspecified atom stereocenters. The van der Waals surface area contributed by atoms with E-state index in [0.29, 0.717) is 5.69 Å². The van der Waals surface area contributed by atoms with Gasteiger partial charge in [-0.15, -0.1) is 15.0 Å². The minimum atomic E-state index is -0.285. The number of aliphatic hydroxyl groups is 1. The normalized spacial score (nSPS) is 10.7. The average Bonchev–Trinajstić information content (AvgIpc) is 2.97. The van der Waals surface area contributed by atoms with E-state index < -0.39 is 0 Å². The van der Waals surface area contributed by atoms with Gasteiger partial charge >= 0.3 is 0 Å². The third-order valence-electron chi connectivity index (χ3n) is 2.87. The van der Waals surface area contributed by atoms with Crippen LogP contribution >= 0.6 is 0 Å². The van der Waals surface area contributed by atoms with Crippen LogP contribution in [0.5, 0.6) is 0 Å². The SMILES string of the molecule is OCc1nnn(-c2ccccc2-c2ccc(F)cc2)n1. The molecule has 0 saturated heterocycles. The van der Waals surface area contributed by atoms with Gasteiger partial charge in [0, 0.05) is 5.56 Å². The maximum absolute atomic E-state index is 13.0. The first-order chi connectivity index (χ1) is 9.78. The summed E-state index contributed by atoms with van der Waals surface area (Å²) in [5.41, 5.74) is 2.42. The summed E-state index contributed by atoms with van der Waals surface area (Å²) >= 11 is 0. The van der Waals surface area contributed by atoms with Crippen LogP contribution in [-0.4, -0.2) is 25.3 Å². The Morgan fingerprint density at radius 1 is 1.05 bits per heavy atom. The fraction of sp³-hybridized carbons (Fsp3) is 0.0714. The summed E-state index contributed by atoms with van der Waals surface area (Å²) in [5.74, 6) is -0.0356. The quantitative estimate of drug-likeness (QED) is 0.790. The van der Waals surface area contributed by atoms with Crippen molar-refractivity contribution in [1.29, 1.82) is 0 Å². The monoisotopic (exact) mass is 270 g/mol. The van der Waals surface area contributed by atoms with Crippen LogP contribution in [0.25, 0.3) is 16.8 Å². The summed E-state index contributed by atoms with van der Waals surface area (Å²) in [6.45, 7) is -0.265. The highest BCUT2D eigenvalue weighted by Crippen LogP contribution is 2.25. The number of aromatic nitrogens is 4. The van der Waals surface area contributed by atoms with Crippen molar-refractivity contribution in [3.8, 4) is 16.8 Å². The molecule has 1 heterocycles. The summed E-state index contributed by atoms with van der Waals surface area (Å²) in [6, 6.07) is 13.7. The Morgan fingerprint density at radius 2 is 1.80 bits per heavy atom. The van der Waals surface area contributed by atoms with Crippen LogP contribution in [-0.2, 0) is 6.61 Å². The molecule has 0 aliphatic heterocycles. The number of para-hydroxylation sites is 1. The minimum absolute atomic E-state index is 0.249. The summed E-state index contributed by atoms with van der Waals surface area (Å²) in [4.78, 5) is 1.35. The first-order valence-electron chi connectivity index (χ1n) is 6.03. The maximum atomic E-state index is 13.0. The molecular weight excluding hydrogens is 259 g/mol. The molecule has 0 aliphatic rings. The van der Waals surface area contributed by atoms with Gasteiger partial charge in [-0.2, -0.15) is 0 Å². The van der Waals surface area contributed by atoms with E-state index in [1.165, 1.54) is 16.9 Å². The van der Waals surface area contributed by atoms with Crippen molar-refractivity contribution in [3.63, 3.8) is 0 Å². The van der Waals surface area contributed by atoms with Gasteiger partial charge in [0.25, 0.3) is 0 Å². The van der Waals surface area contributed by atoms with E-state index in [4.69, 9.17) is 5.11 Å². The van der Waals surface area contributed by atoms with Crippen molar-refractivity contribution < 1.29 is 9.50 Å². The minimum Gasteiger partial charge on any atom is -0.388 e. The Bertz CT molecular complexity index is 724. The second kappa shape index (κ2) is 5.18. The number of aliphatic hydroxyl groups excluding tert-OH is 1. The number of benzene rings is 2. The molecule has 1 aromatic heterocycles. The standard InChI is InChI=1S/C14H11FN4O/c15-11-7-5-10(6-8-11)12-3-1-2-4-13(12)19-17-14(9-20)16-18-19/h1-8,20H,9H2. The lowest BCUT2D eigenvalue weighted by Crippen LogP contribution is -2.01. The fourth-order valence-corrected chi connectivity index (χ4v) is 1.93. The summed E-state index contributed by atoms with van der Waals surface area (Å²) in [7, 11) is 0. The zero-order valence-electron chi connectivity index (χ0n) is 10.4. The Labute approximate surface area is 114 Å². The van der Waals surface area contributed by atoms with E-state index in [9.17, 15) is 4.39 Å². The van der Waals surface area contributed by atoms with Crippen LogP contribution in [0.15, 0.2) is 48.5 Å². The molecule has 0 fully saturated rings. The summed E-state index contributed by atoms with van der Waals surface area (Å²) in [5, 5.41) is 20.7. The van der Waals surface area contributed by atoms with Crippen LogP contribution < -0.4 is 0 Å². The van der Waals surface area contributed by atoms with Crippen LogP contribution in [0.2, 0.25) is 0 Å². The highest BCUT2D eigenvalue weighted by atomic mass is 19.1. The molecule has 100 valence electrons. The molecule has 3 aromatic rings. The molecule has 0 saturated carbocycles. The van der Waals surface area contributed by atoms with Crippen LogP contribution in [0.4, 0.5) is 4.39 Å². The third-order valence-corrected chi connectivity index (χ3v) is 2.87. The molecule has 0 spiro atoms. The van der Waals surface area contributed by atoms with Gasteiger partial charge in [0.2, 0.25) is 5.82 Å². The molecule has 0 aliphatic carbocycles. The van der Waals surface area contributed by atoms with E-state index in [1.807, 2.05) is 24.3 Å². The highest BCUT2D eigenvalue weighted by molar-refractivity contribution is 5.72. The van der Waals surface area contributed by atoms with E-state index in [-0.39, 0.29) is 18.2 Å². The third kappa shape index (κ3) is 2.28. The molecular formula is C14H11FN4O. The van der Waals surface area contributed by atoms with Crippen molar-refractivity contribution in [2.75, 3.05) is 0 Å². The molecule has 0 atom stereocenters. The van der Waals surface area contributed by atoms with E-state index in [0.717, 1.165) is 11.1 Å². The molecule has 1 N–H and O–H groups in total. The Balaban J connectivity index is 2.10. The van der Waals surface area contributed by atoms with Crippen molar-refractivity contribution in [3.05, 3.63) is 60.2 Å². The van der Waals surface area contributed by atoms with Gasteiger partial charge in [0.05, 0.1) is 5.69 Å². The fourth-order valence-electron chi connectivity index (χ4n) is 1.93. The molecule has 3 rings (SSSR count). The van der Waals surface area contributed by atoms with Gasteiger partial charge in [-0.25, -0.2) is 4.39 Å². The highest BCUT2D eigenvalue weighted by Gasteiger charge is 2.10. The second-order valence-electron chi connectivity index (χ2n) is 4.18. The van der Waals surface area contributed by atoms with E-state index in [1.54, 1.807) is 12.1 Å². The molecule has 2 aromatic carbocycles. The van der Waals surface area contributed by atoms with Crippen molar-refractivity contribution in [2.24, 2.45) is 0 Å². The van der Waals surface area contributed by atoms with Crippen LogP contribution in [0, 0.1) is 5.82 Å². The zero-order valence-corrected chi connectivity index (χ0v) is 10.4. The number of hydrogen-bond donors (Lipinski definition) is 1. The van der Waals surface area contributed by atoms with Crippen LogP contribution in [0.3, 0.4) is 0 Å². The predicted octanol–water partition coefficient (Wildman–Crippen LogP) is 1.96. The summed E-state index contributed by atoms with van der Waals surface area (Å²) in [6.07, 6.45) is 0. The summed E-state index contributed by atoms with van der Waals surface area (Å²) < 4.78 is 13.0. The smallest absolute Gasteiger partial charge is 0.200 e. The molecule has 0 radical (unpaired) electrons. The van der Waals surface area contributed by atoms with E-state index >= 15 is 0 Å². The lowest BCUT2D eigenvalue weighted by molar-refractivity contribution is 0.271. The molecule has 5 nitrogen and oxygen atoms in total. The van der Waals surface area contributed by atoms with Gasteiger partial charge in [0.15, 0.2) is 0 Å². The number of hydrogen-bond acceptors (Lipinski definition) is 4. The van der Waals surface area contributed by atoms with Crippen molar-refractivity contribution in [2.45, 2.75) is 6.61 Å². The lowest BCUT2D eigenvalue weighted by atomic mass is 10.0. The van der Waals surface area contributed by atoms with E-state index in [2.05, 4.69) is 15.4 Å². The zero-order chi connectivity index (χ0) is 13.9.